The molecule has 2 aliphatic rings. The van der Waals surface area contributed by atoms with E-state index in [9.17, 15) is 0 Å². The molecule has 64 valence electrons. The molecular weight excluding hydrogens is 172 g/mol. The van der Waals surface area contributed by atoms with Crippen LogP contribution in [-0.4, -0.2) is 0 Å². The number of hydrogen-bond acceptors (Lipinski definition) is 0. The van der Waals surface area contributed by atoms with Crippen LogP contribution in [0.4, 0.5) is 0 Å². The molecule has 0 unspecified atom stereocenters. The van der Waals surface area contributed by atoms with Crippen LogP contribution in [0.25, 0.3) is 0 Å². The van der Waals surface area contributed by atoms with E-state index in [1.54, 1.807) is 0 Å². The van der Waals surface area contributed by atoms with Gasteiger partial charge in [0.05, 0.1) is 0 Å². The van der Waals surface area contributed by atoms with Gasteiger partial charge >= 0.3 is 0 Å². The predicted octanol–water partition coefficient (Wildman–Crippen LogP) is 3.53. The molecule has 0 aliphatic heterocycles. The zero-order chi connectivity index (χ0) is 7.07. The van der Waals surface area contributed by atoms with Crippen molar-refractivity contribution in [2.24, 2.45) is 0 Å². The molecule has 0 spiro atoms. The van der Waals surface area contributed by atoms with Crippen LogP contribution in [0, 0.1) is 12.8 Å². The summed E-state index contributed by atoms with van der Waals surface area (Å²) in [6.07, 6.45) is 16.0. The van der Waals surface area contributed by atoms with Gasteiger partial charge in [-0.3, -0.25) is 0 Å². The SMILES string of the molecule is C1CCCC1.[CH]1[CH]CCC1.[Cr]. The fraction of sp³-hybridized carbons (Fsp3) is 0.800. The maximum Gasteiger partial charge on any atom is 0 e. The van der Waals surface area contributed by atoms with Crippen molar-refractivity contribution in [1.82, 2.24) is 0 Å². The average molecular weight is 190 g/mol. The fourth-order valence-electron chi connectivity index (χ4n) is 1.47. The van der Waals surface area contributed by atoms with E-state index < -0.39 is 0 Å². The number of hydrogen-bond donors (Lipinski definition) is 0. The first kappa shape index (κ1) is 11.5. The van der Waals surface area contributed by atoms with Crippen LogP contribution < -0.4 is 0 Å². The van der Waals surface area contributed by atoms with E-state index in [0.29, 0.717) is 0 Å². The van der Waals surface area contributed by atoms with E-state index in [4.69, 9.17) is 0 Å². The Labute approximate surface area is 81.9 Å². The van der Waals surface area contributed by atoms with Gasteiger partial charge in [0.1, 0.15) is 0 Å². The summed E-state index contributed by atoms with van der Waals surface area (Å²) in [7, 11) is 0. The molecule has 0 saturated heterocycles. The minimum Gasteiger partial charge on any atom is -0.0533 e. The smallest absolute Gasteiger partial charge is 0 e. The normalized spacial score (nSPS) is 21.8. The van der Waals surface area contributed by atoms with Gasteiger partial charge in [-0.1, -0.05) is 38.5 Å². The summed E-state index contributed by atoms with van der Waals surface area (Å²) in [6, 6.07) is 0. The summed E-state index contributed by atoms with van der Waals surface area (Å²) in [6.45, 7) is 0. The van der Waals surface area contributed by atoms with Crippen LogP contribution in [0.1, 0.15) is 51.4 Å². The molecule has 0 bridgehead atoms. The van der Waals surface area contributed by atoms with Crippen molar-refractivity contribution in [3.05, 3.63) is 12.8 Å². The average Bonchev–Trinajstić information content (AvgIpc) is 2.67. The van der Waals surface area contributed by atoms with E-state index in [2.05, 4.69) is 12.8 Å². The van der Waals surface area contributed by atoms with E-state index in [0.717, 1.165) is 0 Å². The maximum atomic E-state index is 2.24. The second-order valence-corrected chi connectivity index (χ2v) is 3.17. The number of rotatable bonds is 0. The van der Waals surface area contributed by atoms with Crippen molar-refractivity contribution in [1.29, 1.82) is 0 Å². The molecule has 0 aromatic rings. The molecule has 0 nitrogen and oxygen atoms in total. The Morgan fingerprint density at radius 1 is 0.545 bits per heavy atom. The minimum absolute atomic E-state index is 0. The summed E-state index contributed by atoms with van der Waals surface area (Å²) >= 11 is 0. The van der Waals surface area contributed by atoms with Crippen LogP contribution in [-0.2, 0) is 17.4 Å². The molecule has 2 saturated carbocycles. The summed E-state index contributed by atoms with van der Waals surface area (Å²) < 4.78 is 0. The molecule has 2 rings (SSSR count). The van der Waals surface area contributed by atoms with Gasteiger partial charge in [-0.25, -0.2) is 0 Å². The predicted molar refractivity (Wildman–Crippen MR) is 45.5 cm³/mol. The van der Waals surface area contributed by atoms with Crippen molar-refractivity contribution >= 4 is 0 Å². The zero-order valence-corrected chi connectivity index (χ0v) is 8.49. The standard InChI is InChI=1S/C5H10.C5H8.Cr/c2*1-2-4-5-3-1;/h1-5H2;1-2H,3-5H2;. The Morgan fingerprint density at radius 3 is 1.09 bits per heavy atom. The van der Waals surface area contributed by atoms with Crippen molar-refractivity contribution in [2.75, 3.05) is 0 Å². The van der Waals surface area contributed by atoms with Gasteiger partial charge in [0.15, 0.2) is 0 Å². The van der Waals surface area contributed by atoms with E-state index in [1.807, 2.05) is 0 Å². The monoisotopic (exact) mass is 190 g/mol. The molecule has 2 fully saturated rings. The Bertz CT molecular complexity index is 38.1. The first-order valence-electron chi connectivity index (χ1n) is 4.65. The van der Waals surface area contributed by atoms with Gasteiger partial charge in [0.25, 0.3) is 0 Å². The third-order valence-electron chi connectivity index (χ3n) is 2.16. The van der Waals surface area contributed by atoms with Gasteiger partial charge in [0.2, 0.25) is 0 Å². The van der Waals surface area contributed by atoms with Gasteiger partial charge in [-0.05, 0) is 25.7 Å². The van der Waals surface area contributed by atoms with Crippen LogP contribution in [0.2, 0.25) is 0 Å². The third kappa shape index (κ3) is 6.91. The molecule has 1 heteroatoms. The van der Waals surface area contributed by atoms with Crippen molar-refractivity contribution < 1.29 is 17.4 Å². The second kappa shape index (κ2) is 8.63. The van der Waals surface area contributed by atoms with Crippen LogP contribution >= 0.6 is 0 Å². The molecule has 0 amide bonds. The molecule has 0 atom stereocenters. The summed E-state index contributed by atoms with van der Waals surface area (Å²) in [5, 5.41) is 0. The maximum absolute atomic E-state index is 2.24. The topological polar surface area (TPSA) is 0 Å². The molecule has 2 aliphatic carbocycles. The van der Waals surface area contributed by atoms with Gasteiger partial charge in [-0.15, -0.1) is 0 Å². The van der Waals surface area contributed by atoms with Gasteiger partial charge in [0, 0.05) is 17.4 Å². The van der Waals surface area contributed by atoms with Gasteiger partial charge < -0.3 is 0 Å². The van der Waals surface area contributed by atoms with E-state index in [1.165, 1.54) is 51.4 Å². The van der Waals surface area contributed by atoms with Crippen molar-refractivity contribution in [3.63, 3.8) is 0 Å². The molecule has 0 aromatic heterocycles. The first-order valence-corrected chi connectivity index (χ1v) is 4.65. The van der Waals surface area contributed by atoms with Crippen molar-refractivity contribution in [3.8, 4) is 0 Å². The summed E-state index contributed by atoms with van der Waals surface area (Å²) in [4.78, 5) is 0. The Morgan fingerprint density at radius 2 is 0.909 bits per heavy atom. The van der Waals surface area contributed by atoms with Crippen LogP contribution in [0.3, 0.4) is 0 Å². The third-order valence-corrected chi connectivity index (χ3v) is 2.16. The zero-order valence-electron chi connectivity index (χ0n) is 7.22. The van der Waals surface area contributed by atoms with E-state index >= 15 is 0 Å². The van der Waals surface area contributed by atoms with Crippen LogP contribution in [0.5, 0.6) is 0 Å². The Balaban J connectivity index is 0.000000167. The quantitative estimate of drug-likeness (QED) is 0.548. The summed E-state index contributed by atoms with van der Waals surface area (Å²) in [5.41, 5.74) is 0. The summed E-state index contributed by atoms with van der Waals surface area (Å²) in [5.74, 6) is 0. The molecule has 0 heterocycles. The molecule has 0 N–H and O–H groups in total. The molecule has 2 radical (unpaired) electrons. The van der Waals surface area contributed by atoms with Crippen LogP contribution in [0.15, 0.2) is 0 Å². The fourth-order valence-corrected chi connectivity index (χ4v) is 1.47. The minimum atomic E-state index is 0. The second-order valence-electron chi connectivity index (χ2n) is 3.17. The van der Waals surface area contributed by atoms with E-state index in [-0.39, 0.29) is 17.4 Å². The largest absolute Gasteiger partial charge is 0.0533 e. The molecule has 0 aromatic carbocycles. The van der Waals surface area contributed by atoms with Crippen molar-refractivity contribution in [2.45, 2.75) is 51.4 Å². The first-order chi connectivity index (χ1) is 5.00. The Kier molecular flexibility index (Phi) is 9.05. The Hall–Kier alpha value is 0.532. The molecule has 11 heavy (non-hydrogen) atoms. The van der Waals surface area contributed by atoms with Gasteiger partial charge in [-0.2, -0.15) is 0 Å². The molecular formula is C10H18Cr.